The fourth-order valence-corrected chi connectivity index (χ4v) is 5.28. The van der Waals surface area contributed by atoms with E-state index in [0.29, 0.717) is 23.1 Å². The Kier molecular flexibility index (Phi) is 5.03. The Morgan fingerprint density at radius 1 is 1.00 bits per heavy atom. The average molecular weight is 426 g/mol. The summed E-state index contributed by atoms with van der Waals surface area (Å²) in [6, 6.07) is 3.35. The number of hydrogen-bond acceptors (Lipinski definition) is 7. The van der Waals surface area contributed by atoms with Crippen LogP contribution in [0.4, 0.5) is 17.5 Å². The summed E-state index contributed by atoms with van der Waals surface area (Å²) in [5.74, 6) is 1.87. The molecule has 2 fully saturated rings. The van der Waals surface area contributed by atoms with Gasteiger partial charge in [0.2, 0.25) is 5.95 Å². The van der Waals surface area contributed by atoms with Gasteiger partial charge in [-0.25, -0.2) is 15.0 Å². The Labute approximate surface area is 183 Å². The quantitative estimate of drug-likeness (QED) is 0.742. The zero-order chi connectivity index (χ0) is 20.8. The highest BCUT2D eigenvalue weighted by molar-refractivity contribution is 6.30. The van der Waals surface area contributed by atoms with Crippen LogP contribution in [0, 0.1) is 0 Å². The number of hydrogen-bond donors (Lipinski definition) is 0. The van der Waals surface area contributed by atoms with Crippen molar-refractivity contribution in [2.45, 2.75) is 50.4 Å². The molecule has 3 aliphatic heterocycles. The highest BCUT2D eigenvalue weighted by Gasteiger charge is 2.44. The smallest absolute Gasteiger partial charge is 0.225 e. The van der Waals surface area contributed by atoms with Gasteiger partial charge in [-0.2, -0.15) is 0 Å². The van der Waals surface area contributed by atoms with E-state index in [9.17, 15) is 0 Å². The largest absolute Gasteiger partial charge is 0.347 e. The Balaban J connectivity index is 1.35. The molecule has 0 unspecified atom stereocenters. The van der Waals surface area contributed by atoms with Gasteiger partial charge in [-0.15, -0.1) is 0 Å². The predicted octanol–water partition coefficient (Wildman–Crippen LogP) is 3.51. The molecule has 0 radical (unpaired) electrons. The number of rotatable bonds is 4. The molecule has 0 aliphatic carbocycles. The summed E-state index contributed by atoms with van der Waals surface area (Å²) in [5.41, 5.74) is 2.20. The number of nitrogens with zero attached hydrogens (tertiary/aromatic N) is 7. The van der Waals surface area contributed by atoms with Gasteiger partial charge in [-0.05, 0) is 45.8 Å². The molecule has 3 atom stereocenters. The minimum Gasteiger partial charge on any atom is -0.347 e. The zero-order valence-corrected chi connectivity index (χ0v) is 18.5. The first-order valence-electron chi connectivity index (χ1n) is 10.6. The van der Waals surface area contributed by atoms with Crippen molar-refractivity contribution in [3.05, 3.63) is 47.6 Å². The van der Waals surface area contributed by atoms with Gasteiger partial charge in [0.15, 0.2) is 5.82 Å². The van der Waals surface area contributed by atoms with Crippen LogP contribution < -0.4 is 14.7 Å². The summed E-state index contributed by atoms with van der Waals surface area (Å²) in [6.45, 7) is 0.862. The third-order valence-electron chi connectivity index (χ3n) is 6.41. The molecule has 0 aromatic carbocycles. The predicted molar refractivity (Wildman–Crippen MR) is 121 cm³/mol. The minimum absolute atomic E-state index is 0.420. The Bertz CT molecular complexity index is 931. The van der Waals surface area contributed by atoms with E-state index < -0.39 is 0 Å². The molecule has 2 saturated heterocycles. The Morgan fingerprint density at radius 3 is 2.37 bits per heavy atom. The van der Waals surface area contributed by atoms with Crippen molar-refractivity contribution in [2.75, 3.05) is 35.8 Å². The van der Waals surface area contributed by atoms with Crippen LogP contribution in [0.2, 0.25) is 5.02 Å². The summed E-state index contributed by atoms with van der Waals surface area (Å²) in [6.07, 6.45) is 14.5. The summed E-state index contributed by atoms with van der Waals surface area (Å²) in [7, 11) is 6.16. The number of halogens is 1. The number of aromatic nitrogens is 3. The average Bonchev–Trinajstić information content (AvgIpc) is 2.98. The maximum Gasteiger partial charge on any atom is 0.225 e. The molecule has 0 saturated carbocycles. The van der Waals surface area contributed by atoms with Crippen LogP contribution in [-0.4, -0.2) is 59.1 Å². The van der Waals surface area contributed by atoms with Crippen LogP contribution in [0.15, 0.2) is 37.1 Å². The summed E-state index contributed by atoms with van der Waals surface area (Å²) >= 11 is 6.20. The van der Waals surface area contributed by atoms with Crippen LogP contribution in [0.5, 0.6) is 0 Å². The van der Waals surface area contributed by atoms with Crippen LogP contribution in [0.25, 0.3) is 0 Å². The van der Waals surface area contributed by atoms with Crippen molar-refractivity contribution in [3.8, 4) is 0 Å². The standard InChI is InChI=1S/C22H28ClN7/c1-27(2)14-15-11-25-22(26-12-15)30-17-4-5-18(30)10-19(9-17)29-7-6-28(3)20-8-16(23)13-24-21(20)29/h6-8,11-13,17-19H,4-5,9-10,14H2,1-3H3/t17-,18+,19-. The molecule has 2 bridgehead atoms. The van der Waals surface area contributed by atoms with Gasteiger partial charge in [0.05, 0.1) is 10.7 Å². The number of piperidine rings is 1. The van der Waals surface area contributed by atoms with E-state index in [1.807, 2.05) is 25.5 Å². The third kappa shape index (κ3) is 3.50. The fourth-order valence-electron chi connectivity index (χ4n) is 5.13. The fraction of sp³-hybridized carbons (Fsp3) is 0.500. The van der Waals surface area contributed by atoms with Gasteiger partial charge in [0.1, 0.15) is 0 Å². The Morgan fingerprint density at radius 2 is 1.70 bits per heavy atom. The van der Waals surface area contributed by atoms with E-state index >= 15 is 0 Å². The van der Waals surface area contributed by atoms with Crippen molar-refractivity contribution in [1.29, 1.82) is 0 Å². The molecule has 7 nitrogen and oxygen atoms in total. The van der Waals surface area contributed by atoms with Crippen molar-refractivity contribution < 1.29 is 0 Å². The zero-order valence-electron chi connectivity index (χ0n) is 17.7. The monoisotopic (exact) mass is 425 g/mol. The molecule has 2 aromatic heterocycles. The molecular formula is C22H28ClN7. The van der Waals surface area contributed by atoms with Gasteiger partial charge in [-0.3, -0.25) is 0 Å². The number of anilines is 3. The second-order valence-electron chi connectivity index (χ2n) is 8.86. The van der Waals surface area contributed by atoms with Crippen LogP contribution >= 0.6 is 11.6 Å². The van der Waals surface area contributed by atoms with Crippen LogP contribution in [0.1, 0.15) is 31.2 Å². The minimum atomic E-state index is 0.420. The van der Waals surface area contributed by atoms with Gasteiger partial charge in [0, 0.05) is 68.3 Å². The highest BCUT2D eigenvalue weighted by Crippen LogP contribution is 2.43. The summed E-state index contributed by atoms with van der Waals surface area (Å²) in [4.78, 5) is 23.1. The molecular weight excluding hydrogens is 398 g/mol. The lowest BCUT2D eigenvalue weighted by atomic mass is 9.96. The number of pyridine rings is 1. The second kappa shape index (κ2) is 7.71. The lowest BCUT2D eigenvalue weighted by Gasteiger charge is -2.44. The van der Waals surface area contributed by atoms with Crippen molar-refractivity contribution in [2.24, 2.45) is 0 Å². The first kappa shape index (κ1) is 19.6. The van der Waals surface area contributed by atoms with Crippen molar-refractivity contribution in [1.82, 2.24) is 19.9 Å². The van der Waals surface area contributed by atoms with Crippen LogP contribution in [-0.2, 0) is 6.54 Å². The first-order valence-corrected chi connectivity index (χ1v) is 11.0. The summed E-state index contributed by atoms with van der Waals surface area (Å²) in [5, 5.41) is 0.667. The van der Waals surface area contributed by atoms with Gasteiger partial charge >= 0.3 is 0 Å². The first-order chi connectivity index (χ1) is 14.5. The van der Waals surface area contributed by atoms with E-state index in [0.717, 1.165) is 42.4 Å². The molecule has 5 rings (SSSR count). The van der Waals surface area contributed by atoms with Crippen molar-refractivity contribution in [3.63, 3.8) is 0 Å². The normalized spacial score (nSPS) is 25.2. The van der Waals surface area contributed by atoms with E-state index in [-0.39, 0.29) is 0 Å². The maximum absolute atomic E-state index is 6.20. The third-order valence-corrected chi connectivity index (χ3v) is 6.62. The lowest BCUT2D eigenvalue weighted by molar-refractivity contribution is 0.396. The summed E-state index contributed by atoms with van der Waals surface area (Å²) < 4.78 is 0. The van der Waals surface area contributed by atoms with E-state index in [4.69, 9.17) is 21.6 Å². The molecule has 8 heteroatoms. The van der Waals surface area contributed by atoms with Gasteiger partial charge in [-0.1, -0.05) is 11.6 Å². The molecule has 2 aromatic rings. The molecule has 0 amide bonds. The van der Waals surface area contributed by atoms with Gasteiger partial charge in [0.25, 0.3) is 0 Å². The maximum atomic E-state index is 6.20. The topological polar surface area (TPSA) is 51.6 Å². The highest BCUT2D eigenvalue weighted by atomic mass is 35.5. The van der Waals surface area contributed by atoms with Crippen LogP contribution in [0.3, 0.4) is 0 Å². The molecule has 0 N–H and O–H groups in total. The van der Waals surface area contributed by atoms with E-state index in [2.05, 4.69) is 51.1 Å². The molecule has 5 heterocycles. The number of fused-ring (bicyclic) bond motifs is 3. The molecule has 158 valence electrons. The molecule has 0 spiro atoms. The molecule has 3 aliphatic rings. The SMILES string of the molecule is CN(C)Cc1cnc(N2[C@@H]3CC[C@H]2C[C@H](N2C=CN(C)c4cc(Cl)cnc42)C3)nc1. The van der Waals surface area contributed by atoms with E-state index in [1.165, 1.54) is 12.8 Å². The lowest BCUT2D eigenvalue weighted by Crippen LogP contribution is -2.51. The van der Waals surface area contributed by atoms with Crippen molar-refractivity contribution >= 4 is 29.1 Å². The van der Waals surface area contributed by atoms with E-state index in [1.54, 1.807) is 6.20 Å². The Hall–Kier alpha value is -2.38. The molecule has 30 heavy (non-hydrogen) atoms. The second-order valence-corrected chi connectivity index (χ2v) is 9.30. The van der Waals surface area contributed by atoms with Gasteiger partial charge < -0.3 is 19.6 Å².